The van der Waals surface area contributed by atoms with E-state index in [4.69, 9.17) is 4.74 Å². The van der Waals surface area contributed by atoms with Crippen LogP contribution in [0.4, 0.5) is 0 Å². The van der Waals surface area contributed by atoms with Crippen LogP contribution in [0.2, 0.25) is 0 Å². The van der Waals surface area contributed by atoms with Gasteiger partial charge in [-0.15, -0.1) is 11.8 Å². The second kappa shape index (κ2) is 5.64. The van der Waals surface area contributed by atoms with Crippen LogP contribution in [0.1, 0.15) is 24.0 Å². The van der Waals surface area contributed by atoms with E-state index >= 15 is 0 Å². The summed E-state index contributed by atoms with van der Waals surface area (Å²) in [6.07, 6.45) is 4.99. The molecule has 2 aliphatic rings. The molecule has 0 amide bonds. The maximum absolute atomic E-state index is 5.62. The summed E-state index contributed by atoms with van der Waals surface area (Å²) >= 11 is 1.98. The van der Waals surface area contributed by atoms with Crippen molar-refractivity contribution in [2.75, 3.05) is 20.3 Å². The molecule has 18 heavy (non-hydrogen) atoms. The van der Waals surface area contributed by atoms with Gasteiger partial charge in [-0.1, -0.05) is 6.07 Å². The molecule has 3 rings (SSSR count). The van der Waals surface area contributed by atoms with Crippen LogP contribution >= 0.6 is 11.8 Å². The Morgan fingerprint density at radius 1 is 1.28 bits per heavy atom. The van der Waals surface area contributed by atoms with E-state index < -0.39 is 0 Å². The van der Waals surface area contributed by atoms with Crippen molar-refractivity contribution in [2.45, 2.75) is 41.9 Å². The van der Waals surface area contributed by atoms with Crippen molar-refractivity contribution in [3.8, 4) is 0 Å². The summed E-state index contributed by atoms with van der Waals surface area (Å²) in [5, 5.41) is 3.97. The van der Waals surface area contributed by atoms with Crippen LogP contribution in [0.3, 0.4) is 0 Å². The molecule has 98 valence electrons. The second-order valence-corrected chi connectivity index (χ2v) is 6.51. The van der Waals surface area contributed by atoms with E-state index in [9.17, 15) is 0 Å². The molecule has 1 aliphatic heterocycles. The van der Waals surface area contributed by atoms with E-state index in [-0.39, 0.29) is 0 Å². The number of fused-ring (bicyclic) bond motifs is 1. The van der Waals surface area contributed by atoms with Gasteiger partial charge in [-0.3, -0.25) is 0 Å². The SMILES string of the molecule is CNC1CCOCC1Sc1ccc2c(c1)CCC2. The number of thioether (sulfide) groups is 1. The topological polar surface area (TPSA) is 21.3 Å². The number of benzene rings is 1. The highest BCUT2D eigenvalue weighted by atomic mass is 32.2. The fourth-order valence-corrected chi connectivity index (χ4v) is 4.26. The zero-order chi connectivity index (χ0) is 12.4. The number of nitrogens with one attached hydrogen (secondary N) is 1. The van der Waals surface area contributed by atoms with Gasteiger partial charge in [0.15, 0.2) is 0 Å². The molecule has 1 aromatic carbocycles. The Kier molecular flexibility index (Phi) is 3.92. The standard InChI is InChI=1S/C15H21NOS/c1-16-14-7-8-17-10-15(14)18-13-6-5-11-3-2-4-12(11)9-13/h5-6,9,14-16H,2-4,7-8,10H2,1H3. The van der Waals surface area contributed by atoms with Crippen molar-refractivity contribution >= 4 is 11.8 Å². The Bertz CT molecular complexity index is 421. The van der Waals surface area contributed by atoms with E-state index in [2.05, 4.69) is 30.6 Å². The molecule has 1 aromatic rings. The second-order valence-electron chi connectivity index (χ2n) is 5.20. The van der Waals surface area contributed by atoms with Gasteiger partial charge < -0.3 is 10.1 Å². The van der Waals surface area contributed by atoms with Gasteiger partial charge in [-0.2, -0.15) is 0 Å². The van der Waals surface area contributed by atoms with E-state index in [1.54, 1.807) is 11.1 Å². The molecule has 0 spiro atoms. The highest BCUT2D eigenvalue weighted by molar-refractivity contribution is 8.00. The Labute approximate surface area is 113 Å². The Balaban J connectivity index is 1.71. The summed E-state index contributed by atoms with van der Waals surface area (Å²) in [6.45, 7) is 1.76. The Hall–Kier alpha value is -0.510. The lowest BCUT2D eigenvalue weighted by Crippen LogP contribution is -2.43. The minimum Gasteiger partial charge on any atom is -0.380 e. The van der Waals surface area contributed by atoms with Crippen molar-refractivity contribution in [3.63, 3.8) is 0 Å². The molecular weight excluding hydrogens is 242 g/mol. The molecule has 0 bridgehead atoms. The molecule has 1 aliphatic carbocycles. The maximum Gasteiger partial charge on any atom is 0.0603 e. The van der Waals surface area contributed by atoms with E-state index in [0.29, 0.717) is 11.3 Å². The first-order chi connectivity index (χ1) is 8.86. The van der Waals surface area contributed by atoms with Crippen LogP contribution in [0.25, 0.3) is 0 Å². The molecule has 1 heterocycles. The van der Waals surface area contributed by atoms with Crippen LogP contribution in [0, 0.1) is 0 Å². The fraction of sp³-hybridized carbons (Fsp3) is 0.600. The van der Waals surface area contributed by atoms with Crippen LogP contribution in [-0.4, -0.2) is 31.6 Å². The third-order valence-corrected chi connectivity index (χ3v) is 5.33. The van der Waals surface area contributed by atoms with Gasteiger partial charge >= 0.3 is 0 Å². The molecule has 1 fully saturated rings. The van der Waals surface area contributed by atoms with Gasteiger partial charge in [0.2, 0.25) is 0 Å². The van der Waals surface area contributed by atoms with Crippen LogP contribution in [0.5, 0.6) is 0 Å². The Morgan fingerprint density at radius 3 is 3.06 bits per heavy atom. The van der Waals surface area contributed by atoms with Crippen molar-refractivity contribution in [2.24, 2.45) is 0 Å². The summed E-state index contributed by atoms with van der Waals surface area (Å²) in [6, 6.07) is 7.59. The summed E-state index contributed by atoms with van der Waals surface area (Å²) in [7, 11) is 2.06. The van der Waals surface area contributed by atoms with Crippen molar-refractivity contribution in [3.05, 3.63) is 29.3 Å². The number of rotatable bonds is 3. The van der Waals surface area contributed by atoms with Gasteiger partial charge in [0.05, 0.1) is 6.61 Å². The molecule has 0 radical (unpaired) electrons. The average Bonchev–Trinajstić information content (AvgIpc) is 2.87. The predicted octanol–water partition coefficient (Wildman–Crippen LogP) is 2.64. The number of hydrogen-bond acceptors (Lipinski definition) is 3. The molecular formula is C15H21NOS. The lowest BCUT2D eigenvalue weighted by Gasteiger charge is -2.30. The lowest BCUT2D eigenvalue weighted by atomic mass is 10.1. The molecule has 2 nitrogen and oxygen atoms in total. The van der Waals surface area contributed by atoms with Gasteiger partial charge in [-0.25, -0.2) is 0 Å². The smallest absolute Gasteiger partial charge is 0.0603 e. The number of ether oxygens (including phenoxy) is 1. The number of hydrogen-bond donors (Lipinski definition) is 1. The third-order valence-electron chi connectivity index (χ3n) is 4.03. The first-order valence-corrected chi connectivity index (χ1v) is 7.78. The zero-order valence-corrected chi connectivity index (χ0v) is 11.8. The highest BCUT2D eigenvalue weighted by Crippen LogP contribution is 2.32. The maximum atomic E-state index is 5.62. The molecule has 0 aromatic heterocycles. The minimum absolute atomic E-state index is 0.545. The highest BCUT2D eigenvalue weighted by Gasteiger charge is 2.25. The monoisotopic (exact) mass is 263 g/mol. The summed E-state index contributed by atoms with van der Waals surface area (Å²) in [5.41, 5.74) is 3.13. The van der Waals surface area contributed by atoms with Crippen molar-refractivity contribution < 1.29 is 4.74 Å². The van der Waals surface area contributed by atoms with Crippen molar-refractivity contribution in [1.82, 2.24) is 5.32 Å². The summed E-state index contributed by atoms with van der Waals surface area (Å²) in [5.74, 6) is 0. The van der Waals surface area contributed by atoms with Crippen LogP contribution in [-0.2, 0) is 17.6 Å². The lowest BCUT2D eigenvalue weighted by molar-refractivity contribution is 0.0851. The van der Waals surface area contributed by atoms with Crippen molar-refractivity contribution in [1.29, 1.82) is 0 Å². The van der Waals surface area contributed by atoms with Gasteiger partial charge in [0.1, 0.15) is 0 Å². The first kappa shape index (κ1) is 12.5. The van der Waals surface area contributed by atoms with Gasteiger partial charge in [0.25, 0.3) is 0 Å². The van der Waals surface area contributed by atoms with Gasteiger partial charge in [0, 0.05) is 22.8 Å². The fourth-order valence-electron chi connectivity index (χ4n) is 2.95. The molecule has 3 heteroatoms. The molecule has 2 unspecified atom stereocenters. The van der Waals surface area contributed by atoms with Crippen LogP contribution in [0.15, 0.2) is 23.1 Å². The quantitative estimate of drug-likeness (QED) is 0.906. The largest absolute Gasteiger partial charge is 0.380 e. The average molecular weight is 263 g/mol. The summed E-state index contributed by atoms with van der Waals surface area (Å²) < 4.78 is 5.62. The first-order valence-electron chi connectivity index (χ1n) is 6.90. The third kappa shape index (κ3) is 2.58. The minimum atomic E-state index is 0.545. The molecule has 1 saturated heterocycles. The van der Waals surface area contributed by atoms with Crippen LogP contribution < -0.4 is 5.32 Å². The van der Waals surface area contributed by atoms with E-state index in [1.807, 2.05) is 11.8 Å². The summed E-state index contributed by atoms with van der Waals surface area (Å²) in [4.78, 5) is 1.41. The normalized spacial score (nSPS) is 27.2. The number of aryl methyl sites for hydroxylation is 2. The Morgan fingerprint density at radius 2 is 2.17 bits per heavy atom. The molecule has 0 saturated carbocycles. The molecule has 1 N–H and O–H groups in total. The van der Waals surface area contributed by atoms with E-state index in [1.165, 1.54) is 24.2 Å². The zero-order valence-electron chi connectivity index (χ0n) is 10.9. The van der Waals surface area contributed by atoms with E-state index in [0.717, 1.165) is 19.6 Å². The predicted molar refractivity (Wildman–Crippen MR) is 76.4 cm³/mol. The molecule has 2 atom stereocenters. The van der Waals surface area contributed by atoms with Gasteiger partial charge in [-0.05, 0) is 56.0 Å².